The topological polar surface area (TPSA) is 69.2 Å². The predicted molar refractivity (Wildman–Crippen MR) is 53.3 cm³/mol. The summed E-state index contributed by atoms with van der Waals surface area (Å²) in [7, 11) is 0. The van der Waals surface area contributed by atoms with E-state index in [0.717, 1.165) is 18.2 Å². The van der Waals surface area contributed by atoms with Gasteiger partial charge in [-0.2, -0.15) is 0 Å². The van der Waals surface area contributed by atoms with Crippen LogP contribution in [-0.4, -0.2) is 9.91 Å². The van der Waals surface area contributed by atoms with Crippen molar-refractivity contribution in [3.8, 4) is 11.3 Å². The number of non-ortho nitro benzene ring substituents is 1. The van der Waals surface area contributed by atoms with Crippen molar-refractivity contribution in [3.05, 3.63) is 46.2 Å². The van der Waals surface area contributed by atoms with Crippen molar-refractivity contribution < 1.29 is 13.7 Å². The summed E-state index contributed by atoms with van der Waals surface area (Å²) in [5, 5.41) is 10.5. The molecule has 0 fully saturated rings. The summed E-state index contributed by atoms with van der Waals surface area (Å²) in [6.45, 7) is 1.61. The maximum Gasteiger partial charge on any atom is 0.270 e. The number of halogens is 1. The van der Waals surface area contributed by atoms with Crippen molar-refractivity contribution >= 4 is 5.69 Å². The minimum atomic E-state index is -0.591. The van der Waals surface area contributed by atoms with E-state index >= 15 is 0 Å². The van der Waals surface area contributed by atoms with Crippen LogP contribution in [0.15, 0.2) is 28.8 Å². The summed E-state index contributed by atoms with van der Waals surface area (Å²) in [4.78, 5) is 13.8. The van der Waals surface area contributed by atoms with Gasteiger partial charge in [0.25, 0.3) is 5.69 Å². The Balaban J connectivity index is 2.55. The zero-order chi connectivity index (χ0) is 11.7. The number of aromatic nitrogens is 1. The van der Waals surface area contributed by atoms with Gasteiger partial charge < -0.3 is 4.42 Å². The Morgan fingerprint density at radius 3 is 2.81 bits per heavy atom. The number of benzene rings is 1. The molecule has 1 aromatic carbocycles. The molecular weight excluding hydrogens is 215 g/mol. The number of nitrogens with zero attached hydrogens (tertiary/aromatic N) is 2. The fourth-order valence-corrected chi connectivity index (χ4v) is 1.30. The largest absolute Gasteiger partial charge is 0.441 e. The van der Waals surface area contributed by atoms with E-state index in [1.165, 1.54) is 6.20 Å². The lowest BCUT2D eigenvalue weighted by Crippen LogP contribution is -1.90. The van der Waals surface area contributed by atoms with Crippen LogP contribution < -0.4 is 0 Å². The number of nitro benzene ring substituents is 1. The molecule has 0 aliphatic carbocycles. The number of nitro groups is 1. The molecule has 0 saturated carbocycles. The van der Waals surface area contributed by atoms with Crippen LogP contribution in [0.4, 0.5) is 10.1 Å². The summed E-state index contributed by atoms with van der Waals surface area (Å²) >= 11 is 0. The molecule has 82 valence electrons. The van der Waals surface area contributed by atoms with Crippen molar-refractivity contribution in [3.63, 3.8) is 0 Å². The van der Waals surface area contributed by atoms with Gasteiger partial charge in [-0.25, -0.2) is 9.37 Å². The van der Waals surface area contributed by atoms with Crippen LogP contribution in [0.2, 0.25) is 0 Å². The molecule has 0 N–H and O–H groups in total. The van der Waals surface area contributed by atoms with E-state index in [2.05, 4.69) is 4.98 Å². The van der Waals surface area contributed by atoms with Crippen LogP contribution in [0, 0.1) is 22.9 Å². The third-order valence-electron chi connectivity index (χ3n) is 2.05. The third-order valence-corrected chi connectivity index (χ3v) is 2.05. The molecule has 0 saturated heterocycles. The van der Waals surface area contributed by atoms with Crippen molar-refractivity contribution in [2.45, 2.75) is 6.92 Å². The van der Waals surface area contributed by atoms with E-state index in [1.54, 1.807) is 6.92 Å². The van der Waals surface area contributed by atoms with Gasteiger partial charge in [-0.15, -0.1) is 0 Å². The Bertz CT molecular complexity index is 551. The van der Waals surface area contributed by atoms with E-state index in [0.29, 0.717) is 5.89 Å². The molecule has 0 bridgehead atoms. The Labute approximate surface area is 89.7 Å². The fraction of sp³-hybridized carbons (Fsp3) is 0.100. The van der Waals surface area contributed by atoms with Gasteiger partial charge in [-0.1, -0.05) is 0 Å². The fourth-order valence-electron chi connectivity index (χ4n) is 1.30. The Hall–Kier alpha value is -2.24. The first-order valence-corrected chi connectivity index (χ1v) is 4.44. The molecule has 1 aromatic heterocycles. The summed E-state index contributed by atoms with van der Waals surface area (Å²) in [5.74, 6) is -0.0265. The third kappa shape index (κ3) is 1.77. The zero-order valence-electron chi connectivity index (χ0n) is 8.31. The lowest BCUT2D eigenvalue weighted by Gasteiger charge is -1.98. The van der Waals surface area contributed by atoms with Crippen molar-refractivity contribution in [2.24, 2.45) is 0 Å². The number of rotatable bonds is 2. The van der Waals surface area contributed by atoms with Crippen molar-refractivity contribution in [1.82, 2.24) is 4.98 Å². The summed E-state index contributed by atoms with van der Waals surface area (Å²) in [6.07, 6.45) is 1.33. The van der Waals surface area contributed by atoms with Crippen LogP contribution in [0.25, 0.3) is 11.3 Å². The van der Waals surface area contributed by atoms with Gasteiger partial charge in [0.2, 0.25) is 0 Å². The molecule has 0 spiro atoms. The van der Waals surface area contributed by atoms with Gasteiger partial charge in [-0.3, -0.25) is 10.1 Å². The smallest absolute Gasteiger partial charge is 0.270 e. The van der Waals surface area contributed by atoms with E-state index in [1.807, 2.05) is 0 Å². The molecule has 16 heavy (non-hydrogen) atoms. The second-order valence-corrected chi connectivity index (χ2v) is 3.16. The molecular formula is C10H7FN2O3. The first kappa shape index (κ1) is 10.3. The number of hydrogen-bond donors (Lipinski definition) is 0. The van der Waals surface area contributed by atoms with Gasteiger partial charge in [-0.05, 0) is 6.07 Å². The monoisotopic (exact) mass is 222 g/mol. The van der Waals surface area contributed by atoms with E-state index in [-0.39, 0.29) is 17.0 Å². The highest BCUT2D eigenvalue weighted by molar-refractivity contribution is 5.61. The molecule has 0 radical (unpaired) electrons. The van der Waals surface area contributed by atoms with E-state index < -0.39 is 10.7 Å². The molecule has 2 aromatic rings. The highest BCUT2D eigenvalue weighted by Crippen LogP contribution is 2.27. The van der Waals surface area contributed by atoms with E-state index in [4.69, 9.17) is 4.42 Å². The lowest BCUT2D eigenvalue weighted by molar-refractivity contribution is -0.384. The molecule has 5 nitrogen and oxygen atoms in total. The van der Waals surface area contributed by atoms with Crippen LogP contribution in [0.1, 0.15) is 5.89 Å². The quantitative estimate of drug-likeness (QED) is 0.578. The Morgan fingerprint density at radius 1 is 1.50 bits per heavy atom. The van der Waals surface area contributed by atoms with Gasteiger partial charge in [0.15, 0.2) is 11.7 Å². The SMILES string of the molecule is Cc1ncc(-c2cc([N+](=O)[O-])ccc2F)o1. The van der Waals surface area contributed by atoms with Crippen LogP contribution in [0.5, 0.6) is 0 Å². The van der Waals surface area contributed by atoms with Crippen LogP contribution in [0.3, 0.4) is 0 Å². The average molecular weight is 222 g/mol. The number of aryl methyl sites for hydroxylation is 1. The van der Waals surface area contributed by atoms with Gasteiger partial charge >= 0.3 is 0 Å². The molecule has 0 atom stereocenters. The molecule has 6 heteroatoms. The first-order valence-electron chi connectivity index (χ1n) is 4.44. The highest BCUT2D eigenvalue weighted by atomic mass is 19.1. The molecule has 0 unspecified atom stereocenters. The summed E-state index contributed by atoms with van der Waals surface area (Å²) in [6, 6.07) is 3.25. The minimum absolute atomic E-state index is 0.0369. The van der Waals surface area contributed by atoms with Crippen molar-refractivity contribution in [1.29, 1.82) is 0 Å². The normalized spacial score (nSPS) is 10.4. The predicted octanol–water partition coefficient (Wildman–Crippen LogP) is 2.70. The van der Waals surface area contributed by atoms with Crippen molar-refractivity contribution in [2.75, 3.05) is 0 Å². The first-order chi connectivity index (χ1) is 7.58. The van der Waals surface area contributed by atoms with Gasteiger partial charge in [0.1, 0.15) is 5.82 Å². The Morgan fingerprint density at radius 2 is 2.25 bits per heavy atom. The molecule has 0 amide bonds. The second kappa shape index (κ2) is 3.73. The van der Waals surface area contributed by atoms with E-state index in [9.17, 15) is 14.5 Å². The number of hydrogen-bond acceptors (Lipinski definition) is 4. The highest BCUT2D eigenvalue weighted by Gasteiger charge is 2.15. The number of oxazole rings is 1. The second-order valence-electron chi connectivity index (χ2n) is 3.16. The van der Waals surface area contributed by atoms with Gasteiger partial charge in [0, 0.05) is 19.1 Å². The molecule has 2 rings (SSSR count). The lowest BCUT2D eigenvalue weighted by atomic mass is 10.1. The Kier molecular flexibility index (Phi) is 2.40. The molecule has 0 aliphatic rings. The van der Waals surface area contributed by atoms with Crippen LogP contribution in [-0.2, 0) is 0 Å². The zero-order valence-corrected chi connectivity index (χ0v) is 8.31. The average Bonchev–Trinajstić information content (AvgIpc) is 2.65. The van der Waals surface area contributed by atoms with Crippen LogP contribution >= 0.6 is 0 Å². The van der Waals surface area contributed by atoms with Gasteiger partial charge in [0.05, 0.1) is 16.7 Å². The minimum Gasteiger partial charge on any atom is -0.441 e. The maximum atomic E-state index is 13.4. The standard InChI is InChI=1S/C10H7FN2O3/c1-6-12-5-10(16-6)8-4-7(13(14)15)2-3-9(8)11/h2-5H,1H3. The molecule has 0 aliphatic heterocycles. The molecule has 1 heterocycles. The summed E-state index contributed by atoms with van der Waals surface area (Å²) in [5.41, 5.74) is -0.153. The summed E-state index contributed by atoms with van der Waals surface area (Å²) < 4.78 is 18.5. The maximum absolute atomic E-state index is 13.4.